The van der Waals surface area contributed by atoms with E-state index >= 15 is 0 Å². The van der Waals surface area contributed by atoms with Gasteiger partial charge < -0.3 is 19.3 Å². The quantitative estimate of drug-likeness (QED) is 0.622. The Labute approximate surface area is 144 Å². The molecule has 1 aromatic carbocycles. The lowest BCUT2D eigenvalue weighted by Gasteiger charge is -2.12. The number of thiophene rings is 1. The maximum absolute atomic E-state index is 5.54. The summed E-state index contributed by atoms with van der Waals surface area (Å²) in [6, 6.07) is 11.6. The van der Waals surface area contributed by atoms with Crippen molar-refractivity contribution >= 4 is 17.0 Å². The molecule has 126 valence electrons. The van der Waals surface area contributed by atoms with Crippen molar-refractivity contribution in [2.24, 2.45) is 0 Å². The summed E-state index contributed by atoms with van der Waals surface area (Å²) < 4.78 is 15.9. The molecule has 1 atom stereocenters. The van der Waals surface area contributed by atoms with Crippen molar-refractivity contribution in [3.05, 3.63) is 47.7 Å². The van der Waals surface area contributed by atoms with E-state index in [1.807, 2.05) is 48.7 Å². The molecule has 24 heavy (non-hydrogen) atoms. The predicted molar refractivity (Wildman–Crippen MR) is 93.5 cm³/mol. The molecule has 0 amide bonds. The standard InChI is InChI=1S/C17H19N3O3S/c1-12(17-19-16(20-23-17)15-4-3-11-24-15)18-13-5-7-14(8-6-13)22-10-9-21-2/h3-8,11-12,18H,9-10H2,1-2H3. The Morgan fingerprint density at radius 2 is 2.04 bits per heavy atom. The van der Waals surface area contributed by atoms with Gasteiger partial charge in [-0.05, 0) is 42.6 Å². The van der Waals surface area contributed by atoms with Crippen LogP contribution in [-0.2, 0) is 4.74 Å². The molecule has 0 saturated carbocycles. The third kappa shape index (κ3) is 4.12. The molecule has 0 aliphatic rings. The van der Waals surface area contributed by atoms with E-state index in [4.69, 9.17) is 14.0 Å². The monoisotopic (exact) mass is 345 g/mol. The van der Waals surface area contributed by atoms with Crippen LogP contribution in [0.25, 0.3) is 10.7 Å². The van der Waals surface area contributed by atoms with Crippen molar-refractivity contribution in [1.29, 1.82) is 0 Å². The van der Waals surface area contributed by atoms with Gasteiger partial charge in [0.2, 0.25) is 11.7 Å². The molecule has 0 saturated heterocycles. The van der Waals surface area contributed by atoms with E-state index in [0.29, 0.717) is 24.9 Å². The van der Waals surface area contributed by atoms with Crippen LogP contribution in [0.5, 0.6) is 5.75 Å². The van der Waals surface area contributed by atoms with Crippen LogP contribution in [0.2, 0.25) is 0 Å². The molecule has 2 aromatic heterocycles. The van der Waals surface area contributed by atoms with Crippen LogP contribution in [0, 0.1) is 0 Å². The molecular weight excluding hydrogens is 326 g/mol. The summed E-state index contributed by atoms with van der Waals surface area (Å²) in [4.78, 5) is 5.44. The minimum Gasteiger partial charge on any atom is -0.491 e. The van der Waals surface area contributed by atoms with Gasteiger partial charge in [-0.2, -0.15) is 4.98 Å². The van der Waals surface area contributed by atoms with Crippen LogP contribution < -0.4 is 10.1 Å². The number of benzene rings is 1. The average molecular weight is 345 g/mol. The highest BCUT2D eigenvalue weighted by atomic mass is 32.1. The third-order valence-electron chi connectivity index (χ3n) is 3.35. The van der Waals surface area contributed by atoms with Crippen LogP contribution in [0.15, 0.2) is 46.3 Å². The van der Waals surface area contributed by atoms with Crippen LogP contribution in [-0.4, -0.2) is 30.5 Å². The summed E-state index contributed by atoms with van der Waals surface area (Å²) >= 11 is 1.59. The summed E-state index contributed by atoms with van der Waals surface area (Å²) in [7, 11) is 1.65. The summed E-state index contributed by atoms with van der Waals surface area (Å²) in [5, 5.41) is 9.36. The van der Waals surface area contributed by atoms with Gasteiger partial charge in [0, 0.05) is 12.8 Å². The Balaban J connectivity index is 1.59. The van der Waals surface area contributed by atoms with E-state index in [1.54, 1.807) is 18.4 Å². The van der Waals surface area contributed by atoms with Crippen LogP contribution in [0.1, 0.15) is 18.9 Å². The minimum atomic E-state index is -0.0912. The molecule has 1 N–H and O–H groups in total. The number of hydrogen-bond acceptors (Lipinski definition) is 7. The lowest BCUT2D eigenvalue weighted by molar-refractivity contribution is 0.146. The van der Waals surface area contributed by atoms with E-state index in [2.05, 4.69) is 15.5 Å². The molecule has 2 heterocycles. The third-order valence-corrected chi connectivity index (χ3v) is 4.21. The molecule has 0 fully saturated rings. The first kappa shape index (κ1) is 16.5. The second-order valence-electron chi connectivity index (χ2n) is 5.17. The molecule has 3 rings (SSSR count). The van der Waals surface area contributed by atoms with E-state index in [-0.39, 0.29) is 6.04 Å². The first-order chi connectivity index (χ1) is 11.8. The van der Waals surface area contributed by atoms with Gasteiger partial charge >= 0.3 is 0 Å². The fourth-order valence-corrected chi connectivity index (χ4v) is 2.77. The van der Waals surface area contributed by atoms with E-state index < -0.39 is 0 Å². The van der Waals surface area contributed by atoms with Crippen molar-refractivity contribution in [2.75, 3.05) is 25.6 Å². The topological polar surface area (TPSA) is 69.4 Å². The van der Waals surface area contributed by atoms with Crippen molar-refractivity contribution < 1.29 is 14.0 Å². The number of nitrogens with one attached hydrogen (secondary N) is 1. The van der Waals surface area contributed by atoms with Crippen molar-refractivity contribution in [3.8, 4) is 16.5 Å². The fraction of sp³-hybridized carbons (Fsp3) is 0.294. The van der Waals surface area contributed by atoms with Gasteiger partial charge in [0.1, 0.15) is 18.4 Å². The normalized spacial score (nSPS) is 12.1. The molecule has 1 unspecified atom stereocenters. The SMILES string of the molecule is COCCOc1ccc(NC(C)c2nc(-c3cccs3)no2)cc1. The van der Waals surface area contributed by atoms with Crippen LogP contribution in [0.4, 0.5) is 5.69 Å². The Bertz CT molecular complexity index is 741. The van der Waals surface area contributed by atoms with Crippen LogP contribution in [0.3, 0.4) is 0 Å². The maximum Gasteiger partial charge on any atom is 0.249 e. The number of methoxy groups -OCH3 is 1. The lowest BCUT2D eigenvalue weighted by Crippen LogP contribution is -2.07. The minimum absolute atomic E-state index is 0.0912. The Morgan fingerprint density at radius 3 is 2.75 bits per heavy atom. The second-order valence-corrected chi connectivity index (χ2v) is 6.11. The molecular formula is C17H19N3O3S. The molecule has 6 nitrogen and oxygen atoms in total. The van der Waals surface area contributed by atoms with E-state index in [1.165, 1.54) is 0 Å². The molecule has 0 aliphatic carbocycles. The molecule has 0 radical (unpaired) electrons. The smallest absolute Gasteiger partial charge is 0.249 e. The Morgan fingerprint density at radius 1 is 1.21 bits per heavy atom. The average Bonchev–Trinajstić information content (AvgIpc) is 3.28. The molecule has 7 heteroatoms. The molecule has 0 spiro atoms. The fourth-order valence-electron chi connectivity index (χ4n) is 2.12. The lowest BCUT2D eigenvalue weighted by atomic mass is 10.2. The predicted octanol–water partition coefficient (Wildman–Crippen LogP) is 4.00. The van der Waals surface area contributed by atoms with Crippen LogP contribution >= 0.6 is 11.3 Å². The van der Waals surface area contributed by atoms with Gasteiger partial charge in [-0.25, -0.2) is 0 Å². The van der Waals surface area contributed by atoms with Gasteiger partial charge in [-0.1, -0.05) is 11.2 Å². The largest absolute Gasteiger partial charge is 0.491 e. The summed E-state index contributed by atoms with van der Waals surface area (Å²) in [5.41, 5.74) is 0.956. The zero-order valence-corrected chi connectivity index (χ0v) is 14.4. The zero-order valence-electron chi connectivity index (χ0n) is 13.6. The number of ether oxygens (including phenoxy) is 2. The number of anilines is 1. The van der Waals surface area contributed by atoms with Crippen molar-refractivity contribution in [3.63, 3.8) is 0 Å². The maximum atomic E-state index is 5.54. The van der Waals surface area contributed by atoms with E-state index in [9.17, 15) is 0 Å². The summed E-state index contributed by atoms with van der Waals surface area (Å²) in [6.07, 6.45) is 0. The highest BCUT2D eigenvalue weighted by Gasteiger charge is 2.15. The zero-order chi connectivity index (χ0) is 16.8. The Kier molecular flexibility index (Phi) is 5.45. The number of aromatic nitrogens is 2. The molecule has 3 aromatic rings. The number of nitrogens with zero attached hydrogens (tertiary/aromatic N) is 2. The highest BCUT2D eigenvalue weighted by Crippen LogP contribution is 2.25. The Hall–Kier alpha value is -2.38. The number of hydrogen-bond donors (Lipinski definition) is 1. The van der Waals surface area contributed by atoms with Gasteiger partial charge in [-0.3, -0.25) is 0 Å². The van der Waals surface area contributed by atoms with Gasteiger partial charge in [0.05, 0.1) is 11.5 Å². The van der Waals surface area contributed by atoms with Gasteiger partial charge in [0.25, 0.3) is 0 Å². The van der Waals surface area contributed by atoms with Gasteiger partial charge in [-0.15, -0.1) is 11.3 Å². The molecule has 0 bridgehead atoms. The summed E-state index contributed by atoms with van der Waals surface area (Å²) in [5.74, 6) is 1.98. The number of rotatable bonds is 8. The first-order valence-electron chi connectivity index (χ1n) is 7.62. The molecule has 0 aliphatic heterocycles. The second kappa shape index (κ2) is 7.94. The van der Waals surface area contributed by atoms with Crippen molar-refractivity contribution in [2.45, 2.75) is 13.0 Å². The first-order valence-corrected chi connectivity index (χ1v) is 8.50. The van der Waals surface area contributed by atoms with Crippen molar-refractivity contribution in [1.82, 2.24) is 10.1 Å². The van der Waals surface area contributed by atoms with E-state index in [0.717, 1.165) is 16.3 Å². The highest BCUT2D eigenvalue weighted by molar-refractivity contribution is 7.13. The summed E-state index contributed by atoms with van der Waals surface area (Å²) in [6.45, 7) is 3.09. The van der Waals surface area contributed by atoms with Gasteiger partial charge in [0.15, 0.2) is 0 Å².